The first kappa shape index (κ1) is 30.1. The van der Waals surface area contributed by atoms with Gasteiger partial charge in [-0.3, -0.25) is 4.79 Å². The van der Waals surface area contributed by atoms with Crippen molar-refractivity contribution in [2.24, 2.45) is 0 Å². The summed E-state index contributed by atoms with van der Waals surface area (Å²) in [5.74, 6) is 0.434. The topological polar surface area (TPSA) is 77.1 Å². The number of amides is 2. The molecule has 0 atom stereocenters. The zero-order valence-corrected chi connectivity index (χ0v) is 26.0. The number of piperidine rings is 1. The second-order valence-corrected chi connectivity index (χ2v) is 13.5. The number of likely N-dealkylation sites (tertiary alicyclic amines) is 1. The number of alkyl carbamates (subject to hydrolysis) is 1. The van der Waals surface area contributed by atoms with Crippen molar-refractivity contribution in [2.75, 3.05) is 13.1 Å². The molecular formula is C34H43BN2O5. The SMILES string of the molecule is CC(C)(C)OC(=O)NCc1cccc(C2CCN(C(=O)c3cccc4cc(B5OC(C)(C)C(C)(C)O5)ccc34)CC2)c1. The van der Waals surface area contributed by atoms with Crippen molar-refractivity contribution in [2.45, 2.75) is 90.6 Å². The van der Waals surface area contributed by atoms with Crippen molar-refractivity contribution in [3.8, 4) is 0 Å². The van der Waals surface area contributed by atoms with Crippen LogP contribution < -0.4 is 10.8 Å². The number of nitrogens with zero attached hydrogens (tertiary/aromatic N) is 1. The van der Waals surface area contributed by atoms with Crippen LogP contribution in [0.1, 0.15) is 88.7 Å². The van der Waals surface area contributed by atoms with E-state index in [-0.39, 0.29) is 5.91 Å². The van der Waals surface area contributed by atoms with E-state index in [0.29, 0.717) is 25.6 Å². The van der Waals surface area contributed by atoms with E-state index in [1.54, 1.807) is 0 Å². The molecule has 3 aromatic rings. The van der Waals surface area contributed by atoms with Gasteiger partial charge in [-0.1, -0.05) is 54.6 Å². The third-order valence-corrected chi connectivity index (χ3v) is 8.70. The molecule has 0 aromatic heterocycles. The number of hydrogen-bond donors (Lipinski definition) is 1. The Labute approximate surface area is 250 Å². The smallest absolute Gasteiger partial charge is 0.444 e. The summed E-state index contributed by atoms with van der Waals surface area (Å²) in [6.07, 6.45) is 1.37. The first-order chi connectivity index (χ1) is 19.7. The molecule has 2 amide bonds. The molecule has 2 fully saturated rings. The van der Waals surface area contributed by atoms with E-state index < -0.39 is 30.0 Å². The van der Waals surface area contributed by atoms with Crippen LogP contribution in [0.2, 0.25) is 0 Å². The van der Waals surface area contributed by atoms with Crippen molar-refractivity contribution in [3.05, 3.63) is 77.4 Å². The zero-order chi connectivity index (χ0) is 30.3. The van der Waals surface area contributed by atoms with E-state index in [1.165, 1.54) is 5.56 Å². The van der Waals surface area contributed by atoms with Crippen LogP contribution in [-0.2, 0) is 20.6 Å². The number of ether oxygens (including phenoxy) is 1. The summed E-state index contributed by atoms with van der Waals surface area (Å²) in [7, 11) is -0.440. The lowest BCUT2D eigenvalue weighted by Crippen LogP contribution is -2.41. The Balaban J connectivity index is 1.22. The molecule has 0 bridgehead atoms. The first-order valence-electron chi connectivity index (χ1n) is 15.0. The molecule has 7 nitrogen and oxygen atoms in total. The Morgan fingerprint density at radius 1 is 0.952 bits per heavy atom. The summed E-state index contributed by atoms with van der Waals surface area (Å²) in [6, 6.07) is 20.4. The Bertz CT molecular complexity index is 1450. The molecule has 5 rings (SSSR count). The van der Waals surface area contributed by atoms with Gasteiger partial charge in [0, 0.05) is 25.2 Å². The fourth-order valence-corrected chi connectivity index (χ4v) is 5.65. The molecule has 2 aliphatic heterocycles. The quantitative estimate of drug-likeness (QED) is 0.371. The molecule has 2 aliphatic rings. The monoisotopic (exact) mass is 570 g/mol. The van der Waals surface area contributed by atoms with Crippen LogP contribution in [0.5, 0.6) is 0 Å². The highest BCUT2D eigenvalue weighted by Crippen LogP contribution is 2.37. The van der Waals surface area contributed by atoms with Crippen LogP contribution in [-0.4, -0.2) is 53.9 Å². The molecule has 0 aliphatic carbocycles. The first-order valence-corrected chi connectivity index (χ1v) is 15.0. The Kier molecular flexibility index (Phi) is 8.16. The van der Waals surface area contributed by atoms with Gasteiger partial charge < -0.3 is 24.3 Å². The van der Waals surface area contributed by atoms with Crippen molar-refractivity contribution in [1.29, 1.82) is 0 Å². The van der Waals surface area contributed by atoms with Gasteiger partial charge in [-0.25, -0.2) is 4.79 Å². The van der Waals surface area contributed by atoms with Crippen LogP contribution in [0.3, 0.4) is 0 Å². The van der Waals surface area contributed by atoms with Crippen molar-refractivity contribution in [3.63, 3.8) is 0 Å². The molecule has 8 heteroatoms. The molecule has 2 heterocycles. The second-order valence-electron chi connectivity index (χ2n) is 13.5. The fraction of sp³-hybridized carbons (Fsp3) is 0.471. The Morgan fingerprint density at radius 3 is 2.29 bits per heavy atom. The van der Waals surface area contributed by atoms with Gasteiger partial charge in [0.2, 0.25) is 0 Å². The van der Waals surface area contributed by atoms with E-state index in [9.17, 15) is 9.59 Å². The van der Waals surface area contributed by atoms with Crippen LogP contribution in [0.25, 0.3) is 10.8 Å². The number of rotatable bonds is 5. The maximum atomic E-state index is 13.7. The molecule has 222 valence electrons. The van der Waals surface area contributed by atoms with Gasteiger partial charge in [0.25, 0.3) is 5.91 Å². The lowest BCUT2D eigenvalue weighted by Gasteiger charge is -2.32. The van der Waals surface area contributed by atoms with E-state index in [0.717, 1.165) is 40.2 Å². The Morgan fingerprint density at radius 2 is 1.62 bits per heavy atom. The van der Waals surface area contributed by atoms with Crippen molar-refractivity contribution >= 4 is 35.4 Å². The largest absolute Gasteiger partial charge is 0.494 e. The molecule has 0 spiro atoms. The summed E-state index contributed by atoms with van der Waals surface area (Å²) >= 11 is 0. The van der Waals surface area contributed by atoms with E-state index in [2.05, 4.69) is 51.2 Å². The average molecular weight is 571 g/mol. The molecular weight excluding hydrogens is 527 g/mol. The van der Waals surface area contributed by atoms with Crippen LogP contribution in [0.4, 0.5) is 4.79 Å². The van der Waals surface area contributed by atoms with Crippen LogP contribution in [0.15, 0.2) is 60.7 Å². The molecule has 2 saturated heterocycles. The van der Waals surface area contributed by atoms with E-state index >= 15 is 0 Å². The maximum Gasteiger partial charge on any atom is 0.494 e. The van der Waals surface area contributed by atoms with Crippen molar-refractivity contribution < 1.29 is 23.6 Å². The van der Waals surface area contributed by atoms with Crippen molar-refractivity contribution in [1.82, 2.24) is 10.2 Å². The van der Waals surface area contributed by atoms with Gasteiger partial charge in [0.05, 0.1) is 11.2 Å². The Hall–Kier alpha value is -3.36. The van der Waals surface area contributed by atoms with Gasteiger partial charge in [-0.05, 0) is 101 Å². The summed E-state index contributed by atoms with van der Waals surface area (Å²) in [5, 5.41) is 4.78. The second kappa shape index (κ2) is 11.4. The number of nitrogens with one attached hydrogen (secondary N) is 1. The van der Waals surface area contributed by atoms with Gasteiger partial charge in [-0.15, -0.1) is 0 Å². The number of carbonyl (C=O) groups is 2. The highest BCUT2D eigenvalue weighted by Gasteiger charge is 2.51. The normalized spacial score (nSPS) is 18.7. The molecule has 42 heavy (non-hydrogen) atoms. The predicted molar refractivity (Wildman–Crippen MR) is 167 cm³/mol. The van der Waals surface area contributed by atoms with Gasteiger partial charge in [0.15, 0.2) is 0 Å². The summed E-state index contributed by atoms with van der Waals surface area (Å²) < 4.78 is 17.8. The number of carbonyl (C=O) groups excluding carboxylic acids is 2. The molecule has 0 unspecified atom stereocenters. The molecule has 1 N–H and O–H groups in total. The minimum atomic E-state index is -0.527. The van der Waals surface area contributed by atoms with E-state index in [4.69, 9.17) is 14.0 Å². The summed E-state index contributed by atoms with van der Waals surface area (Å²) in [6.45, 7) is 15.6. The molecule has 0 radical (unpaired) electrons. The number of hydrogen-bond acceptors (Lipinski definition) is 5. The number of benzene rings is 3. The van der Waals surface area contributed by atoms with Gasteiger partial charge in [0.1, 0.15) is 5.60 Å². The third-order valence-electron chi connectivity index (χ3n) is 8.70. The van der Waals surface area contributed by atoms with E-state index in [1.807, 2.05) is 68.1 Å². The van der Waals surface area contributed by atoms with Gasteiger partial charge in [-0.2, -0.15) is 0 Å². The lowest BCUT2D eigenvalue weighted by atomic mass is 9.78. The average Bonchev–Trinajstić information content (AvgIpc) is 3.16. The summed E-state index contributed by atoms with van der Waals surface area (Å²) in [4.78, 5) is 27.7. The molecule has 0 saturated carbocycles. The van der Waals surface area contributed by atoms with Crippen LogP contribution >= 0.6 is 0 Å². The standard InChI is InChI=1S/C34H43BN2O5/c1-32(2,3)40-31(39)36-22-23-10-8-11-25(20-23)24-16-18-37(19-17-24)30(38)29-13-9-12-26-21-27(14-15-28(26)29)35-41-33(4,5)34(6,7)42-35/h8-15,20-21,24H,16-19,22H2,1-7H3,(H,36,39). The predicted octanol–water partition coefficient (Wildman–Crippen LogP) is 6.18. The summed E-state index contributed by atoms with van der Waals surface area (Å²) in [5.41, 5.74) is 2.61. The minimum absolute atomic E-state index is 0.0674. The highest BCUT2D eigenvalue weighted by molar-refractivity contribution is 6.62. The molecule has 3 aromatic carbocycles. The third kappa shape index (κ3) is 6.50. The highest BCUT2D eigenvalue weighted by atomic mass is 16.7. The maximum absolute atomic E-state index is 13.7. The fourth-order valence-electron chi connectivity index (χ4n) is 5.65. The lowest BCUT2D eigenvalue weighted by molar-refractivity contribution is 0.00578. The van der Waals surface area contributed by atoms with Crippen LogP contribution in [0, 0.1) is 0 Å². The number of fused-ring (bicyclic) bond motifs is 1. The zero-order valence-electron chi connectivity index (χ0n) is 26.0. The minimum Gasteiger partial charge on any atom is -0.444 e. The van der Waals surface area contributed by atoms with Gasteiger partial charge >= 0.3 is 13.2 Å².